The number of ether oxygens (including phenoxy) is 2. The highest BCUT2D eigenvalue weighted by molar-refractivity contribution is 5.81. The second kappa shape index (κ2) is 12.5. The number of benzene rings is 1. The molecular formula is C27H38N2O4. The van der Waals surface area contributed by atoms with Crippen molar-refractivity contribution in [1.29, 1.82) is 0 Å². The van der Waals surface area contributed by atoms with Crippen LogP contribution < -0.4 is 10.1 Å². The third kappa shape index (κ3) is 6.61. The summed E-state index contributed by atoms with van der Waals surface area (Å²) in [5, 5.41) is 3.21. The molecule has 1 aromatic carbocycles. The van der Waals surface area contributed by atoms with Gasteiger partial charge in [0.15, 0.2) is 0 Å². The van der Waals surface area contributed by atoms with E-state index in [9.17, 15) is 9.59 Å². The quantitative estimate of drug-likeness (QED) is 0.382. The fourth-order valence-corrected chi connectivity index (χ4v) is 4.73. The fourth-order valence-electron chi connectivity index (χ4n) is 4.73. The molecule has 0 saturated carbocycles. The lowest BCUT2D eigenvalue weighted by Crippen LogP contribution is -2.62. The Kier molecular flexibility index (Phi) is 9.99. The maximum Gasteiger partial charge on any atom is 0.223 e. The third-order valence-corrected chi connectivity index (χ3v) is 6.51. The van der Waals surface area contributed by atoms with Crippen LogP contribution in [0.5, 0.6) is 5.75 Å². The minimum Gasteiger partial charge on any atom is -0.497 e. The molecule has 1 N–H and O–H groups in total. The van der Waals surface area contributed by atoms with Gasteiger partial charge < -0.3 is 19.7 Å². The standard InChI is InChI=1S/C27H38N2O4/c1-7-10-12-23(30)28-26(27(4,33-6)17-9-3)25-21(11-8-2)18-24(31)29(25)19-20-13-15-22(32-5)16-14-20/h1,8,11,13-16,21,25-26H,9-10,12,17-19H2,2-6H3,(H,28,30)/b11-8-/t21-,25-,26-,27?/m1/s1. The summed E-state index contributed by atoms with van der Waals surface area (Å²) >= 11 is 0. The largest absolute Gasteiger partial charge is 0.497 e. The first-order valence-corrected chi connectivity index (χ1v) is 11.7. The number of hydrogen-bond acceptors (Lipinski definition) is 4. The molecule has 1 aliphatic rings. The molecule has 0 aromatic heterocycles. The van der Waals surface area contributed by atoms with E-state index in [1.165, 1.54) is 0 Å². The molecule has 0 bridgehead atoms. The van der Waals surface area contributed by atoms with Crippen molar-refractivity contribution >= 4 is 11.8 Å². The highest BCUT2D eigenvalue weighted by Crippen LogP contribution is 2.37. The summed E-state index contributed by atoms with van der Waals surface area (Å²) in [6.07, 6.45) is 12.1. The van der Waals surface area contributed by atoms with Gasteiger partial charge in [-0.15, -0.1) is 12.3 Å². The topological polar surface area (TPSA) is 67.9 Å². The van der Waals surface area contributed by atoms with Gasteiger partial charge in [-0.25, -0.2) is 0 Å². The van der Waals surface area contributed by atoms with Crippen molar-refractivity contribution in [1.82, 2.24) is 10.2 Å². The van der Waals surface area contributed by atoms with Gasteiger partial charge in [0.05, 0.1) is 24.8 Å². The number of methoxy groups -OCH3 is 2. The van der Waals surface area contributed by atoms with Crippen molar-refractivity contribution in [3.63, 3.8) is 0 Å². The zero-order chi connectivity index (χ0) is 24.4. The molecule has 1 fully saturated rings. The molecule has 4 atom stereocenters. The van der Waals surface area contributed by atoms with Crippen LogP contribution in [-0.2, 0) is 20.9 Å². The molecule has 6 heteroatoms. The van der Waals surface area contributed by atoms with Gasteiger partial charge >= 0.3 is 0 Å². The Hall–Kier alpha value is -2.78. The van der Waals surface area contributed by atoms with E-state index in [0.29, 0.717) is 19.4 Å². The lowest BCUT2D eigenvalue weighted by atomic mass is 9.80. The van der Waals surface area contributed by atoms with Crippen LogP contribution in [0.2, 0.25) is 0 Å². The molecule has 2 amide bonds. The van der Waals surface area contributed by atoms with Crippen LogP contribution in [0, 0.1) is 18.3 Å². The van der Waals surface area contributed by atoms with Crippen LogP contribution >= 0.6 is 0 Å². The van der Waals surface area contributed by atoms with Crippen molar-refractivity contribution in [2.75, 3.05) is 14.2 Å². The van der Waals surface area contributed by atoms with Crippen LogP contribution in [0.3, 0.4) is 0 Å². The SMILES string of the molecule is C#CCCC(=O)N[C@H]([C@H]1[C@H](/C=C\C)CC(=O)N1Cc1ccc(OC)cc1)C(C)(CCC)OC. The van der Waals surface area contributed by atoms with Crippen LogP contribution in [-0.4, -0.2) is 48.6 Å². The van der Waals surface area contributed by atoms with Crippen LogP contribution in [0.4, 0.5) is 0 Å². The van der Waals surface area contributed by atoms with Gasteiger partial charge in [0, 0.05) is 38.8 Å². The molecular weight excluding hydrogens is 416 g/mol. The van der Waals surface area contributed by atoms with Crippen molar-refractivity contribution in [2.24, 2.45) is 5.92 Å². The minimum absolute atomic E-state index is 0.0370. The first-order chi connectivity index (χ1) is 15.8. The number of rotatable bonds is 12. The average molecular weight is 455 g/mol. The Morgan fingerprint density at radius 1 is 1.36 bits per heavy atom. The monoisotopic (exact) mass is 454 g/mol. The van der Waals surface area contributed by atoms with Crippen LogP contribution in [0.25, 0.3) is 0 Å². The summed E-state index contributed by atoms with van der Waals surface area (Å²) in [4.78, 5) is 27.9. The van der Waals surface area contributed by atoms with Gasteiger partial charge in [-0.2, -0.15) is 0 Å². The summed E-state index contributed by atoms with van der Waals surface area (Å²) in [6.45, 7) is 6.51. The molecule has 0 aliphatic carbocycles. The number of nitrogens with one attached hydrogen (secondary N) is 1. The van der Waals surface area contributed by atoms with E-state index in [0.717, 1.165) is 24.2 Å². The smallest absolute Gasteiger partial charge is 0.223 e. The van der Waals surface area contributed by atoms with E-state index in [2.05, 4.69) is 24.2 Å². The lowest BCUT2D eigenvalue weighted by Gasteiger charge is -2.44. The number of terminal acetylenes is 1. The lowest BCUT2D eigenvalue weighted by molar-refractivity contribution is -0.135. The van der Waals surface area contributed by atoms with Crippen molar-refractivity contribution < 1.29 is 19.1 Å². The summed E-state index contributed by atoms with van der Waals surface area (Å²) in [6, 6.07) is 7.08. The third-order valence-electron chi connectivity index (χ3n) is 6.51. The number of carbonyl (C=O) groups excluding carboxylic acids is 2. The maximum absolute atomic E-state index is 13.2. The molecule has 0 radical (unpaired) electrons. The van der Waals surface area contributed by atoms with Gasteiger partial charge in [0.25, 0.3) is 0 Å². The molecule has 1 saturated heterocycles. The molecule has 1 heterocycles. The Labute approximate surface area is 198 Å². The van der Waals surface area contributed by atoms with Crippen LogP contribution in [0.15, 0.2) is 36.4 Å². The molecule has 180 valence electrons. The first-order valence-electron chi connectivity index (χ1n) is 11.7. The van der Waals surface area contributed by atoms with Crippen molar-refractivity contribution in [3.8, 4) is 18.1 Å². The zero-order valence-electron chi connectivity index (χ0n) is 20.6. The van der Waals surface area contributed by atoms with Gasteiger partial charge in [0.2, 0.25) is 11.8 Å². The minimum atomic E-state index is -0.645. The summed E-state index contributed by atoms with van der Waals surface area (Å²) in [5.74, 6) is 3.20. The van der Waals surface area contributed by atoms with Gasteiger partial charge in [-0.3, -0.25) is 9.59 Å². The van der Waals surface area contributed by atoms with Crippen molar-refractivity contribution in [2.45, 2.75) is 77.1 Å². The van der Waals surface area contributed by atoms with Gasteiger partial charge in [-0.1, -0.05) is 37.6 Å². The van der Waals surface area contributed by atoms with E-state index in [1.54, 1.807) is 14.2 Å². The van der Waals surface area contributed by atoms with Crippen molar-refractivity contribution in [3.05, 3.63) is 42.0 Å². The van der Waals surface area contributed by atoms with E-state index >= 15 is 0 Å². The molecule has 33 heavy (non-hydrogen) atoms. The summed E-state index contributed by atoms with van der Waals surface area (Å²) in [5.41, 5.74) is 0.357. The Bertz CT molecular complexity index is 858. The first kappa shape index (κ1) is 26.5. The molecule has 2 rings (SSSR count). The Morgan fingerprint density at radius 3 is 2.61 bits per heavy atom. The number of carbonyl (C=O) groups is 2. The van der Waals surface area contributed by atoms with E-state index < -0.39 is 11.6 Å². The predicted octanol–water partition coefficient (Wildman–Crippen LogP) is 4.09. The molecule has 1 aromatic rings. The maximum atomic E-state index is 13.2. The number of likely N-dealkylation sites (tertiary alicyclic amines) is 1. The highest BCUT2D eigenvalue weighted by atomic mass is 16.5. The average Bonchev–Trinajstić information content (AvgIpc) is 3.11. The number of nitrogens with zero attached hydrogens (tertiary/aromatic N) is 1. The van der Waals surface area contributed by atoms with E-state index in [4.69, 9.17) is 15.9 Å². The Balaban J connectivity index is 2.47. The second-order valence-electron chi connectivity index (χ2n) is 8.77. The summed E-state index contributed by atoms with van der Waals surface area (Å²) < 4.78 is 11.3. The number of hydrogen-bond donors (Lipinski definition) is 1. The van der Waals surface area contributed by atoms with Crippen LogP contribution in [0.1, 0.15) is 58.4 Å². The Morgan fingerprint density at radius 2 is 2.06 bits per heavy atom. The molecule has 6 nitrogen and oxygen atoms in total. The number of allylic oxidation sites excluding steroid dienone is 1. The van der Waals surface area contributed by atoms with Gasteiger partial charge in [0.1, 0.15) is 5.75 Å². The zero-order valence-corrected chi connectivity index (χ0v) is 20.6. The predicted molar refractivity (Wildman–Crippen MR) is 131 cm³/mol. The molecule has 1 unspecified atom stereocenters. The van der Waals surface area contributed by atoms with E-state index in [1.807, 2.05) is 49.1 Å². The van der Waals surface area contributed by atoms with E-state index in [-0.39, 0.29) is 30.2 Å². The fraction of sp³-hybridized carbons (Fsp3) is 0.556. The normalized spacial score (nSPS) is 21.0. The van der Waals surface area contributed by atoms with Gasteiger partial charge in [-0.05, 0) is 38.0 Å². The molecule has 1 aliphatic heterocycles. The number of amides is 2. The summed E-state index contributed by atoms with van der Waals surface area (Å²) in [7, 11) is 3.30. The highest BCUT2D eigenvalue weighted by Gasteiger charge is 2.50. The second-order valence-corrected chi connectivity index (χ2v) is 8.77. The molecule has 0 spiro atoms.